The molecule has 1 aliphatic rings. The average Bonchev–Trinajstić information content (AvgIpc) is 2.37. The minimum Gasteiger partial charge on any atom is -0.485 e. The third-order valence-electron chi connectivity index (χ3n) is 3.23. The first-order valence-electron chi connectivity index (χ1n) is 6.91. The maximum absolute atomic E-state index is 6.04. The molecule has 3 heteroatoms. The summed E-state index contributed by atoms with van der Waals surface area (Å²) in [6.45, 7) is 10.8. The second-order valence-corrected chi connectivity index (χ2v) is 5.36. The highest BCUT2D eigenvalue weighted by Crippen LogP contribution is 2.28. The molecule has 0 saturated carbocycles. The van der Waals surface area contributed by atoms with Crippen LogP contribution >= 0.6 is 0 Å². The predicted octanol–water partition coefficient (Wildman–Crippen LogP) is 2.84. The lowest BCUT2D eigenvalue weighted by Gasteiger charge is -2.32. The van der Waals surface area contributed by atoms with Gasteiger partial charge in [0, 0.05) is 13.1 Å². The smallest absolute Gasteiger partial charge is 0.142 e. The maximum atomic E-state index is 6.04. The Balaban J connectivity index is 1.92. The summed E-state index contributed by atoms with van der Waals surface area (Å²) < 4.78 is 6.04. The molecule has 0 radical (unpaired) electrons. The van der Waals surface area contributed by atoms with Crippen LogP contribution in [0.2, 0.25) is 0 Å². The molecule has 0 spiro atoms. The van der Waals surface area contributed by atoms with Crippen LogP contribution in [0.1, 0.15) is 20.8 Å². The molecule has 1 heterocycles. The van der Waals surface area contributed by atoms with Gasteiger partial charge in [-0.3, -0.25) is 4.90 Å². The molecule has 1 aromatic carbocycles. The van der Waals surface area contributed by atoms with Crippen molar-refractivity contribution in [2.45, 2.75) is 26.9 Å². The first-order chi connectivity index (χ1) is 8.69. The molecule has 0 saturated heterocycles. The van der Waals surface area contributed by atoms with Gasteiger partial charge < -0.3 is 10.1 Å². The van der Waals surface area contributed by atoms with Gasteiger partial charge in [-0.25, -0.2) is 0 Å². The van der Waals surface area contributed by atoms with Gasteiger partial charge in [0.05, 0.1) is 12.2 Å². The fourth-order valence-electron chi connectivity index (χ4n) is 2.40. The molecular weight excluding hydrogens is 224 g/mol. The summed E-state index contributed by atoms with van der Waals surface area (Å²) in [4.78, 5) is 2.46. The van der Waals surface area contributed by atoms with Crippen LogP contribution in [-0.4, -0.2) is 37.2 Å². The largest absolute Gasteiger partial charge is 0.485 e. The number of rotatable bonds is 5. The minimum atomic E-state index is 0.249. The number of anilines is 1. The fraction of sp³-hybridized carbons (Fsp3) is 0.600. The second-order valence-electron chi connectivity index (χ2n) is 5.36. The van der Waals surface area contributed by atoms with Crippen LogP contribution in [-0.2, 0) is 0 Å². The van der Waals surface area contributed by atoms with Crippen LogP contribution in [0, 0.1) is 5.92 Å². The van der Waals surface area contributed by atoms with Crippen molar-refractivity contribution in [1.82, 2.24) is 4.90 Å². The molecule has 1 N–H and O–H groups in total. The molecule has 1 aliphatic heterocycles. The van der Waals surface area contributed by atoms with E-state index in [1.54, 1.807) is 0 Å². The number of nitrogens with one attached hydrogen (secondary N) is 1. The molecule has 0 amide bonds. The Labute approximate surface area is 110 Å². The zero-order valence-electron chi connectivity index (χ0n) is 11.6. The lowest BCUT2D eigenvalue weighted by molar-refractivity contribution is 0.131. The topological polar surface area (TPSA) is 24.5 Å². The molecule has 0 aliphatic carbocycles. The van der Waals surface area contributed by atoms with Gasteiger partial charge in [0.2, 0.25) is 0 Å². The number of nitrogens with zero attached hydrogens (tertiary/aromatic N) is 1. The van der Waals surface area contributed by atoms with E-state index in [0.29, 0.717) is 5.92 Å². The number of para-hydroxylation sites is 2. The molecule has 18 heavy (non-hydrogen) atoms. The molecule has 0 fully saturated rings. The third-order valence-corrected chi connectivity index (χ3v) is 3.23. The Morgan fingerprint density at radius 3 is 2.89 bits per heavy atom. The molecule has 1 atom stereocenters. The predicted molar refractivity (Wildman–Crippen MR) is 76.3 cm³/mol. The SMILES string of the molecule is CCN(CC(C)C)CC1CNc2ccccc2O1. The van der Waals surface area contributed by atoms with Gasteiger partial charge in [-0.1, -0.05) is 32.9 Å². The lowest BCUT2D eigenvalue weighted by atomic mass is 10.1. The monoisotopic (exact) mass is 248 g/mol. The normalized spacial score (nSPS) is 18.4. The van der Waals surface area contributed by atoms with Gasteiger partial charge in [-0.2, -0.15) is 0 Å². The first-order valence-corrected chi connectivity index (χ1v) is 6.91. The maximum Gasteiger partial charge on any atom is 0.142 e. The van der Waals surface area contributed by atoms with Crippen molar-refractivity contribution in [2.24, 2.45) is 5.92 Å². The Morgan fingerprint density at radius 1 is 1.39 bits per heavy atom. The van der Waals surface area contributed by atoms with E-state index in [0.717, 1.165) is 37.6 Å². The van der Waals surface area contributed by atoms with E-state index < -0.39 is 0 Å². The van der Waals surface area contributed by atoms with Gasteiger partial charge in [0.25, 0.3) is 0 Å². The Bertz CT molecular complexity index is 379. The third kappa shape index (κ3) is 3.39. The van der Waals surface area contributed by atoms with E-state index in [-0.39, 0.29) is 6.10 Å². The van der Waals surface area contributed by atoms with Crippen molar-refractivity contribution in [3.8, 4) is 5.75 Å². The standard InChI is InChI=1S/C15H24N2O/c1-4-17(10-12(2)3)11-13-9-16-14-7-5-6-8-15(14)18-13/h5-8,12-13,16H,4,9-11H2,1-3H3. The van der Waals surface area contributed by atoms with Crippen LogP contribution in [0.5, 0.6) is 5.75 Å². The van der Waals surface area contributed by atoms with Crippen molar-refractivity contribution >= 4 is 5.69 Å². The van der Waals surface area contributed by atoms with Gasteiger partial charge in [-0.15, -0.1) is 0 Å². The quantitative estimate of drug-likeness (QED) is 0.867. The van der Waals surface area contributed by atoms with Gasteiger partial charge >= 0.3 is 0 Å². The van der Waals surface area contributed by atoms with Crippen molar-refractivity contribution in [2.75, 3.05) is 31.5 Å². The summed E-state index contributed by atoms with van der Waals surface area (Å²) >= 11 is 0. The minimum absolute atomic E-state index is 0.249. The number of hydrogen-bond donors (Lipinski definition) is 1. The molecule has 3 nitrogen and oxygen atoms in total. The number of benzene rings is 1. The Hall–Kier alpha value is -1.22. The lowest BCUT2D eigenvalue weighted by Crippen LogP contribution is -2.42. The van der Waals surface area contributed by atoms with E-state index in [1.165, 1.54) is 0 Å². The molecule has 1 unspecified atom stereocenters. The summed E-state index contributed by atoms with van der Waals surface area (Å²) in [5.41, 5.74) is 1.11. The number of hydrogen-bond acceptors (Lipinski definition) is 3. The number of fused-ring (bicyclic) bond motifs is 1. The highest BCUT2D eigenvalue weighted by atomic mass is 16.5. The van der Waals surface area contributed by atoms with Crippen LogP contribution < -0.4 is 10.1 Å². The Kier molecular flexibility index (Phi) is 4.48. The summed E-state index contributed by atoms with van der Waals surface area (Å²) in [5.74, 6) is 1.68. The molecule has 0 bridgehead atoms. The molecular formula is C15H24N2O. The van der Waals surface area contributed by atoms with Crippen LogP contribution in [0.15, 0.2) is 24.3 Å². The summed E-state index contributed by atoms with van der Waals surface area (Å²) in [5, 5.41) is 3.44. The van der Waals surface area contributed by atoms with Crippen molar-refractivity contribution in [3.05, 3.63) is 24.3 Å². The van der Waals surface area contributed by atoms with E-state index in [2.05, 4.69) is 37.1 Å². The zero-order valence-corrected chi connectivity index (χ0v) is 11.6. The summed E-state index contributed by atoms with van der Waals surface area (Å²) in [7, 11) is 0. The van der Waals surface area contributed by atoms with Crippen LogP contribution in [0.25, 0.3) is 0 Å². The van der Waals surface area contributed by atoms with Crippen molar-refractivity contribution in [3.63, 3.8) is 0 Å². The summed E-state index contributed by atoms with van der Waals surface area (Å²) in [6.07, 6.45) is 0.249. The van der Waals surface area contributed by atoms with Crippen molar-refractivity contribution in [1.29, 1.82) is 0 Å². The van der Waals surface area contributed by atoms with Crippen LogP contribution in [0.4, 0.5) is 5.69 Å². The van der Waals surface area contributed by atoms with Crippen LogP contribution in [0.3, 0.4) is 0 Å². The van der Waals surface area contributed by atoms with Gasteiger partial charge in [0.15, 0.2) is 0 Å². The second kappa shape index (κ2) is 6.10. The van der Waals surface area contributed by atoms with Crippen molar-refractivity contribution < 1.29 is 4.74 Å². The zero-order chi connectivity index (χ0) is 13.0. The van der Waals surface area contributed by atoms with E-state index in [1.807, 2.05) is 18.2 Å². The number of likely N-dealkylation sites (N-methyl/N-ethyl adjacent to an activating group) is 1. The highest BCUT2D eigenvalue weighted by Gasteiger charge is 2.21. The molecule has 100 valence electrons. The van der Waals surface area contributed by atoms with E-state index >= 15 is 0 Å². The van der Waals surface area contributed by atoms with Gasteiger partial charge in [0.1, 0.15) is 11.9 Å². The molecule has 0 aromatic heterocycles. The number of ether oxygens (including phenoxy) is 1. The first kappa shape index (κ1) is 13.2. The molecule has 2 rings (SSSR count). The van der Waals surface area contributed by atoms with E-state index in [9.17, 15) is 0 Å². The van der Waals surface area contributed by atoms with E-state index in [4.69, 9.17) is 4.74 Å². The fourth-order valence-corrected chi connectivity index (χ4v) is 2.40. The molecule has 1 aromatic rings. The van der Waals surface area contributed by atoms with Gasteiger partial charge in [-0.05, 0) is 24.6 Å². The Morgan fingerprint density at radius 2 is 2.17 bits per heavy atom. The summed E-state index contributed by atoms with van der Waals surface area (Å²) in [6, 6.07) is 8.16. The average molecular weight is 248 g/mol. The highest BCUT2D eigenvalue weighted by molar-refractivity contribution is 5.57.